The Kier molecular flexibility index (Phi) is 4.16. The first kappa shape index (κ1) is 14.2. The summed E-state index contributed by atoms with van der Waals surface area (Å²) in [5.74, 6) is -5.82. The van der Waals surface area contributed by atoms with Crippen LogP contribution in [0.5, 0.6) is 0 Å². The van der Waals surface area contributed by atoms with Gasteiger partial charge in [-0.05, 0) is 13.8 Å². The summed E-state index contributed by atoms with van der Waals surface area (Å²) >= 11 is 5.06. The zero-order chi connectivity index (χ0) is 12.4. The molecule has 0 saturated heterocycles. The van der Waals surface area contributed by atoms with Crippen molar-refractivity contribution in [3.63, 3.8) is 0 Å². The molecule has 0 aliphatic rings. The lowest BCUT2D eigenvalue weighted by Crippen LogP contribution is -2.51. The van der Waals surface area contributed by atoms with Crippen molar-refractivity contribution < 1.29 is 27.1 Å². The van der Waals surface area contributed by atoms with Crippen molar-refractivity contribution in [3.8, 4) is 0 Å². The molecule has 0 aromatic heterocycles. The monoisotopic (exact) mass is 248 g/mol. The highest BCUT2D eigenvalue weighted by Gasteiger charge is 2.57. The molecule has 0 bridgehead atoms. The van der Waals surface area contributed by atoms with Crippen LogP contribution in [0.3, 0.4) is 0 Å². The Morgan fingerprint density at radius 1 is 1.40 bits per heavy atom. The highest BCUT2D eigenvalue weighted by molar-refractivity contribution is 6.40. The molecule has 0 amide bonds. The number of carbonyl (C=O) groups excluding carboxylic acids is 1. The maximum absolute atomic E-state index is 12.8. The molecular weight excluding hydrogens is 240 g/mol. The molecule has 0 radical (unpaired) electrons. The molecule has 0 fully saturated rings. The average molecular weight is 249 g/mol. The van der Waals surface area contributed by atoms with Crippen molar-refractivity contribution in [1.29, 1.82) is 0 Å². The molecule has 88 valence electrons. The lowest BCUT2D eigenvalue weighted by atomic mass is 10.0. The van der Waals surface area contributed by atoms with Gasteiger partial charge in [-0.3, -0.25) is 0 Å². The molecule has 0 aliphatic carbocycles. The van der Waals surface area contributed by atoms with E-state index in [1.54, 1.807) is 0 Å². The molecule has 15 heavy (non-hydrogen) atoms. The standard InChI is InChI=1S/C8H9ClF4O2/c1-4(9)5(14)15-7(2,3)8(12,13)6(10)11/h6H,1H2,2-3H3. The van der Waals surface area contributed by atoms with Crippen molar-refractivity contribution in [3.05, 3.63) is 11.6 Å². The van der Waals surface area contributed by atoms with Crippen molar-refractivity contribution >= 4 is 17.6 Å². The minimum atomic E-state index is -4.46. The van der Waals surface area contributed by atoms with Crippen molar-refractivity contribution in [2.24, 2.45) is 0 Å². The number of rotatable bonds is 4. The van der Waals surface area contributed by atoms with E-state index in [-0.39, 0.29) is 0 Å². The first-order valence-electron chi connectivity index (χ1n) is 3.76. The number of halogens is 5. The van der Waals surface area contributed by atoms with E-state index in [2.05, 4.69) is 11.3 Å². The Balaban J connectivity index is 4.83. The summed E-state index contributed by atoms with van der Waals surface area (Å²) in [5.41, 5.74) is -2.66. The molecule has 0 heterocycles. The quantitative estimate of drug-likeness (QED) is 0.434. The zero-order valence-electron chi connectivity index (χ0n) is 7.99. The maximum Gasteiger partial charge on any atom is 0.349 e. The number of carbonyl (C=O) groups is 1. The van der Waals surface area contributed by atoms with Gasteiger partial charge < -0.3 is 4.74 Å². The fraction of sp³-hybridized carbons (Fsp3) is 0.625. The number of alkyl halides is 4. The summed E-state index contributed by atoms with van der Waals surface area (Å²) in [6, 6.07) is 0. The van der Waals surface area contributed by atoms with Gasteiger partial charge in [0.15, 0.2) is 5.60 Å². The van der Waals surface area contributed by atoms with Gasteiger partial charge in [0.2, 0.25) is 0 Å². The van der Waals surface area contributed by atoms with Crippen LogP contribution < -0.4 is 0 Å². The second-order valence-corrected chi connectivity index (χ2v) is 3.68. The average Bonchev–Trinajstić information content (AvgIpc) is 2.02. The highest BCUT2D eigenvalue weighted by atomic mass is 35.5. The Labute approximate surface area is 88.8 Å². The van der Waals surface area contributed by atoms with E-state index in [9.17, 15) is 22.4 Å². The van der Waals surface area contributed by atoms with Crippen molar-refractivity contribution in [2.75, 3.05) is 0 Å². The van der Waals surface area contributed by atoms with Crippen LogP contribution in [0, 0.1) is 0 Å². The fourth-order valence-electron chi connectivity index (χ4n) is 0.618. The number of ether oxygens (including phenoxy) is 1. The van der Waals surface area contributed by atoms with E-state index < -0.39 is 29.0 Å². The topological polar surface area (TPSA) is 26.3 Å². The molecule has 0 aromatic rings. The van der Waals surface area contributed by atoms with Crippen LogP contribution in [-0.4, -0.2) is 23.9 Å². The molecule has 2 nitrogen and oxygen atoms in total. The predicted molar refractivity (Wildman–Crippen MR) is 46.1 cm³/mol. The summed E-state index contributed by atoms with van der Waals surface area (Å²) in [6.45, 7) is 4.25. The molecule has 0 saturated carbocycles. The normalized spacial score (nSPS) is 12.8. The Hall–Kier alpha value is -0.780. The van der Waals surface area contributed by atoms with Gasteiger partial charge in [0, 0.05) is 0 Å². The highest BCUT2D eigenvalue weighted by Crippen LogP contribution is 2.37. The van der Waals surface area contributed by atoms with E-state index in [1.165, 1.54) is 0 Å². The van der Waals surface area contributed by atoms with E-state index in [0.717, 1.165) is 0 Å². The Morgan fingerprint density at radius 2 is 1.80 bits per heavy atom. The SMILES string of the molecule is C=C(Cl)C(=O)OC(C)(C)C(F)(F)C(F)F. The predicted octanol–water partition coefficient (Wildman–Crippen LogP) is 2.96. The van der Waals surface area contributed by atoms with Crippen LogP contribution in [0.15, 0.2) is 11.6 Å². The molecule has 7 heteroatoms. The van der Waals surface area contributed by atoms with Gasteiger partial charge in [-0.2, -0.15) is 8.78 Å². The van der Waals surface area contributed by atoms with E-state index in [1.807, 2.05) is 0 Å². The smallest absolute Gasteiger partial charge is 0.349 e. The minimum Gasteiger partial charge on any atom is -0.449 e. The molecule has 0 spiro atoms. The second-order valence-electron chi connectivity index (χ2n) is 3.23. The summed E-state index contributed by atoms with van der Waals surface area (Å²) < 4.78 is 53.7. The van der Waals surface area contributed by atoms with Gasteiger partial charge in [0.1, 0.15) is 5.03 Å². The van der Waals surface area contributed by atoms with E-state index in [0.29, 0.717) is 13.8 Å². The largest absolute Gasteiger partial charge is 0.449 e. The third kappa shape index (κ3) is 3.09. The molecule has 0 N–H and O–H groups in total. The van der Waals surface area contributed by atoms with Crippen molar-refractivity contribution in [2.45, 2.75) is 31.8 Å². The summed E-state index contributed by atoms with van der Waals surface area (Å²) in [6.07, 6.45) is -3.94. The lowest BCUT2D eigenvalue weighted by molar-refractivity contribution is -0.240. The van der Waals surface area contributed by atoms with Gasteiger partial charge in [0.25, 0.3) is 0 Å². The third-order valence-corrected chi connectivity index (χ3v) is 1.80. The Morgan fingerprint density at radius 3 is 2.07 bits per heavy atom. The lowest BCUT2D eigenvalue weighted by Gasteiger charge is -2.32. The van der Waals surface area contributed by atoms with Crippen LogP contribution in [-0.2, 0) is 9.53 Å². The zero-order valence-corrected chi connectivity index (χ0v) is 8.75. The number of hydrogen-bond donors (Lipinski definition) is 0. The Bertz CT molecular complexity index is 276. The van der Waals surface area contributed by atoms with Gasteiger partial charge in [-0.25, -0.2) is 13.6 Å². The summed E-state index contributed by atoms with van der Waals surface area (Å²) in [7, 11) is 0. The molecular formula is C8H9ClF4O2. The molecule has 0 aromatic carbocycles. The summed E-state index contributed by atoms with van der Waals surface area (Å²) in [5, 5.41) is -0.659. The van der Waals surface area contributed by atoms with Crippen LogP contribution in [0.2, 0.25) is 0 Å². The number of esters is 1. The summed E-state index contributed by atoms with van der Waals surface area (Å²) in [4.78, 5) is 10.8. The maximum atomic E-state index is 12.8. The fourth-order valence-corrected chi connectivity index (χ4v) is 0.656. The molecule has 0 aliphatic heterocycles. The van der Waals surface area contributed by atoms with E-state index >= 15 is 0 Å². The van der Waals surface area contributed by atoms with Crippen LogP contribution in [0.25, 0.3) is 0 Å². The first-order chi connectivity index (χ1) is 6.52. The minimum absolute atomic E-state index is 0.659. The molecule has 0 atom stereocenters. The van der Waals surface area contributed by atoms with Crippen LogP contribution in [0.1, 0.15) is 13.8 Å². The van der Waals surface area contributed by atoms with Gasteiger partial charge >= 0.3 is 18.3 Å². The van der Waals surface area contributed by atoms with Gasteiger partial charge in [-0.15, -0.1) is 0 Å². The molecule has 0 rings (SSSR count). The molecule has 0 unspecified atom stereocenters. The van der Waals surface area contributed by atoms with Crippen LogP contribution in [0.4, 0.5) is 17.6 Å². The number of hydrogen-bond acceptors (Lipinski definition) is 2. The van der Waals surface area contributed by atoms with E-state index in [4.69, 9.17) is 11.6 Å². The van der Waals surface area contributed by atoms with Crippen molar-refractivity contribution in [1.82, 2.24) is 0 Å². The first-order valence-corrected chi connectivity index (χ1v) is 4.14. The third-order valence-electron chi connectivity index (χ3n) is 1.65. The van der Waals surface area contributed by atoms with Gasteiger partial charge in [0.05, 0.1) is 0 Å². The van der Waals surface area contributed by atoms with Gasteiger partial charge in [-0.1, -0.05) is 18.2 Å². The second kappa shape index (κ2) is 4.38. The van der Waals surface area contributed by atoms with Crippen LogP contribution >= 0.6 is 11.6 Å².